The zero-order valence-corrected chi connectivity index (χ0v) is 14.6. The van der Waals surface area contributed by atoms with Crippen molar-refractivity contribution in [1.82, 2.24) is 9.88 Å². The van der Waals surface area contributed by atoms with Crippen molar-refractivity contribution in [3.05, 3.63) is 29.5 Å². The predicted molar refractivity (Wildman–Crippen MR) is 95.3 cm³/mol. The largest absolute Gasteiger partial charge is 0.497 e. The Balaban J connectivity index is 1.57. The number of amides is 1. The van der Waals surface area contributed by atoms with E-state index in [1.165, 1.54) is 16.6 Å². The van der Waals surface area contributed by atoms with Gasteiger partial charge >= 0.3 is 0 Å². The van der Waals surface area contributed by atoms with E-state index in [9.17, 15) is 4.79 Å². The lowest BCUT2D eigenvalue weighted by Gasteiger charge is -2.34. The summed E-state index contributed by atoms with van der Waals surface area (Å²) in [5, 5.41) is 1.22. The Kier molecular flexibility index (Phi) is 3.99. The minimum absolute atomic E-state index is 0.135. The maximum absolute atomic E-state index is 12.9. The van der Waals surface area contributed by atoms with Crippen LogP contribution in [0.25, 0.3) is 10.9 Å². The van der Waals surface area contributed by atoms with E-state index >= 15 is 0 Å². The third-order valence-corrected chi connectivity index (χ3v) is 5.84. The molecule has 0 bridgehead atoms. The van der Waals surface area contributed by atoms with E-state index in [1.54, 1.807) is 7.11 Å². The molecule has 1 saturated heterocycles. The molecule has 4 nitrogen and oxygen atoms in total. The van der Waals surface area contributed by atoms with Crippen LogP contribution in [0.5, 0.6) is 5.75 Å². The van der Waals surface area contributed by atoms with Crippen molar-refractivity contribution in [3.63, 3.8) is 0 Å². The number of benzene rings is 1. The number of carbonyl (C=O) groups excluding carboxylic acids is 1. The number of nitrogens with one attached hydrogen (secondary N) is 1. The van der Waals surface area contributed by atoms with Crippen molar-refractivity contribution in [3.8, 4) is 5.75 Å². The van der Waals surface area contributed by atoms with Crippen molar-refractivity contribution in [2.75, 3.05) is 20.2 Å². The maximum atomic E-state index is 12.9. The van der Waals surface area contributed by atoms with Crippen LogP contribution in [0.1, 0.15) is 37.4 Å². The van der Waals surface area contributed by atoms with E-state index in [-0.39, 0.29) is 5.92 Å². The molecule has 1 atom stereocenters. The molecule has 2 aliphatic rings. The molecular formula is C20H26N2O2. The molecule has 128 valence electrons. The van der Waals surface area contributed by atoms with E-state index in [0.29, 0.717) is 5.91 Å². The summed E-state index contributed by atoms with van der Waals surface area (Å²) in [5.74, 6) is 2.14. The molecular weight excluding hydrogens is 300 g/mol. The monoisotopic (exact) mass is 326 g/mol. The number of piperidine rings is 1. The van der Waals surface area contributed by atoms with Gasteiger partial charge < -0.3 is 14.6 Å². The lowest BCUT2D eigenvalue weighted by Crippen LogP contribution is -2.42. The van der Waals surface area contributed by atoms with Crippen LogP contribution in [0.15, 0.2) is 18.2 Å². The van der Waals surface area contributed by atoms with Gasteiger partial charge in [-0.3, -0.25) is 4.79 Å². The molecule has 1 fully saturated rings. The highest BCUT2D eigenvalue weighted by Crippen LogP contribution is 2.34. The fourth-order valence-electron chi connectivity index (χ4n) is 4.22. The van der Waals surface area contributed by atoms with Gasteiger partial charge in [-0.05, 0) is 61.8 Å². The molecule has 4 heteroatoms. The number of ether oxygens (including phenoxy) is 1. The summed E-state index contributed by atoms with van der Waals surface area (Å²) < 4.78 is 5.37. The maximum Gasteiger partial charge on any atom is 0.226 e. The number of likely N-dealkylation sites (tertiary alicyclic amines) is 1. The lowest BCUT2D eigenvalue weighted by atomic mass is 9.85. The summed E-state index contributed by atoms with van der Waals surface area (Å²) in [4.78, 5) is 18.6. The Bertz CT molecular complexity index is 756. The molecule has 0 saturated carbocycles. The van der Waals surface area contributed by atoms with Crippen LogP contribution < -0.4 is 4.74 Å². The molecule has 1 aliphatic carbocycles. The second-order valence-corrected chi connectivity index (χ2v) is 7.44. The number of rotatable bonds is 2. The highest BCUT2D eigenvalue weighted by Gasteiger charge is 2.31. The van der Waals surface area contributed by atoms with Gasteiger partial charge in [-0.25, -0.2) is 0 Å². The molecule has 1 aromatic heterocycles. The van der Waals surface area contributed by atoms with Gasteiger partial charge in [0.05, 0.1) is 7.11 Å². The van der Waals surface area contributed by atoms with Crippen LogP contribution in [0, 0.1) is 11.8 Å². The van der Waals surface area contributed by atoms with Crippen molar-refractivity contribution < 1.29 is 9.53 Å². The normalized spacial score (nSPS) is 21.8. The molecule has 24 heavy (non-hydrogen) atoms. The predicted octanol–water partition coefficient (Wildman–Crippen LogP) is 3.54. The van der Waals surface area contributed by atoms with Crippen molar-refractivity contribution >= 4 is 16.8 Å². The number of hydrogen-bond acceptors (Lipinski definition) is 2. The molecule has 1 amide bonds. The van der Waals surface area contributed by atoms with Crippen LogP contribution >= 0.6 is 0 Å². The second kappa shape index (κ2) is 6.15. The summed E-state index contributed by atoms with van der Waals surface area (Å²) in [7, 11) is 1.70. The van der Waals surface area contributed by atoms with E-state index < -0.39 is 0 Å². The SMILES string of the molecule is COc1ccc2[nH]c3c(c2c1)CC(C(=O)N1CCC(C)CC1)CC3. The third kappa shape index (κ3) is 2.68. The molecule has 2 aromatic rings. The number of aromatic amines is 1. The number of aromatic nitrogens is 1. The third-order valence-electron chi connectivity index (χ3n) is 5.84. The first-order chi connectivity index (χ1) is 11.7. The van der Waals surface area contributed by atoms with Gasteiger partial charge in [-0.15, -0.1) is 0 Å². The average molecular weight is 326 g/mol. The van der Waals surface area contributed by atoms with Crippen LogP contribution in [0.4, 0.5) is 0 Å². The van der Waals surface area contributed by atoms with E-state index in [1.807, 2.05) is 6.07 Å². The number of nitrogens with zero attached hydrogens (tertiary/aromatic N) is 1. The van der Waals surface area contributed by atoms with Crippen LogP contribution in [-0.2, 0) is 17.6 Å². The summed E-state index contributed by atoms with van der Waals surface area (Å²) in [6.07, 6.45) is 5.07. The molecule has 1 aliphatic heterocycles. The Labute approximate surface area is 143 Å². The van der Waals surface area contributed by atoms with Gasteiger partial charge in [0, 0.05) is 35.6 Å². The number of aryl methyl sites for hydroxylation is 1. The Morgan fingerprint density at radius 3 is 2.79 bits per heavy atom. The fourth-order valence-corrected chi connectivity index (χ4v) is 4.22. The van der Waals surface area contributed by atoms with Crippen LogP contribution in [-0.4, -0.2) is 36.0 Å². The molecule has 1 aromatic carbocycles. The summed E-state index contributed by atoms with van der Waals surface area (Å²) >= 11 is 0. The standard InChI is InChI=1S/C20H26N2O2/c1-13-7-9-22(10-8-13)20(23)14-3-5-18-16(11-14)17-12-15(24-2)4-6-19(17)21-18/h4,6,12-14,21H,3,5,7-11H2,1-2H3. The molecule has 4 rings (SSSR count). The smallest absolute Gasteiger partial charge is 0.226 e. The first-order valence-electron chi connectivity index (χ1n) is 9.12. The second-order valence-electron chi connectivity index (χ2n) is 7.44. The zero-order valence-electron chi connectivity index (χ0n) is 14.6. The molecule has 0 spiro atoms. The Hall–Kier alpha value is -1.97. The summed E-state index contributed by atoms with van der Waals surface area (Å²) in [6.45, 7) is 4.16. The van der Waals surface area contributed by atoms with Gasteiger partial charge in [0.1, 0.15) is 5.75 Å². The minimum Gasteiger partial charge on any atom is -0.497 e. The van der Waals surface area contributed by atoms with Crippen LogP contribution in [0.2, 0.25) is 0 Å². The van der Waals surface area contributed by atoms with E-state index in [2.05, 4.69) is 28.9 Å². The summed E-state index contributed by atoms with van der Waals surface area (Å²) in [5.41, 5.74) is 3.77. The minimum atomic E-state index is 0.135. The topological polar surface area (TPSA) is 45.3 Å². The van der Waals surface area contributed by atoms with Crippen molar-refractivity contribution in [2.24, 2.45) is 11.8 Å². The van der Waals surface area contributed by atoms with Crippen molar-refractivity contribution in [1.29, 1.82) is 0 Å². The average Bonchev–Trinajstić information content (AvgIpc) is 2.98. The van der Waals surface area contributed by atoms with Gasteiger partial charge in [0.2, 0.25) is 5.91 Å². The number of carbonyl (C=O) groups is 1. The first-order valence-corrected chi connectivity index (χ1v) is 9.12. The number of hydrogen-bond donors (Lipinski definition) is 1. The lowest BCUT2D eigenvalue weighted by molar-refractivity contribution is -0.137. The molecule has 0 radical (unpaired) electrons. The van der Waals surface area contributed by atoms with E-state index in [4.69, 9.17) is 4.74 Å². The Morgan fingerprint density at radius 1 is 1.25 bits per heavy atom. The van der Waals surface area contributed by atoms with Gasteiger partial charge in [-0.1, -0.05) is 6.92 Å². The molecule has 1 unspecified atom stereocenters. The van der Waals surface area contributed by atoms with Gasteiger partial charge in [0.15, 0.2) is 0 Å². The first kappa shape index (κ1) is 15.6. The number of fused-ring (bicyclic) bond motifs is 3. The Morgan fingerprint density at radius 2 is 2.04 bits per heavy atom. The van der Waals surface area contributed by atoms with Crippen LogP contribution in [0.3, 0.4) is 0 Å². The summed E-state index contributed by atoms with van der Waals surface area (Å²) in [6, 6.07) is 6.16. The number of H-pyrrole nitrogens is 1. The zero-order chi connectivity index (χ0) is 16.7. The quantitative estimate of drug-likeness (QED) is 0.917. The fraction of sp³-hybridized carbons (Fsp3) is 0.550. The van der Waals surface area contributed by atoms with Gasteiger partial charge in [-0.2, -0.15) is 0 Å². The van der Waals surface area contributed by atoms with Crippen molar-refractivity contribution in [2.45, 2.75) is 39.0 Å². The van der Waals surface area contributed by atoms with Gasteiger partial charge in [0.25, 0.3) is 0 Å². The molecule has 1 N–H and O–H groups in total. The van der Waals surface area contributed by atoms with E-state index in [0.717, 1.165) is 62.4 Å². The molecule has 2 heterocycles. The highest BCUT2D eigenvalue weighted by atomic mass is 16.5. The number of methoxy groups -OCH3 is 1. The highest BCUT2D eigenvalue weighted by molar-refractivity contribution is 5.88.